The molecule has 130 valence electrons. The molecule has 2 saturated heterocycles. The highest BCUT2D eigenvalue weighted by atomic mass is 16.3. The monoisotopic (exact) mass is 339 g/mol. The number of benzene rings is 1. The minimum Gasteiger partial charge on any atom is -0.468 e. The number of nitrogens with zero attached hydrogens (tertiary/aromatic N) is 2. The summed E-state index contributed by atoms with van der Waals surface area (Å²) in [5, 5.41) is 1.88. The van der Waals surface area contributed by atoms with Crippen LogP contribution in [-0.4, -0.2) is 33.8 Å². The maximum absolute atomic E-state index is 12.9. The Kier molecular flexibility index (Phi) is 3.94. The maximum atomic E-state index is 12.9. The van der Waals surface area contributed by atoms with E-state index in [1.807, 2.05) is 55.3 Å². The molecular formula is C19H21N3O3. The summed E-state index contributed by atoms with van der Waals surface area (Å²) < 4.78 is 5.53. The van der Waals surface area contributed by atoms with Crippen molar-refractivity contribution >= 4 is 11.8 Å². The molecule has 6 heteroatoms. The molecular weight excluding hydrogens is 318 g/mol. The Morgan fingerprint density at radius 3 is 2.48 bits per heavy atom. The van der Waals surface area contributed by atoms with Crippen molar-refractivity contribution < 1.29 is 14.0 Å². The standard InChI is InChI=1S/C19H21N3O3/c1-12(2)22-18(23)15-16(14-9-6-10-25-14)20-21(17(15)19(22)24)11-13-7-4-3-5-8-13/h3-10,12,15-17,20H,11H2,1-2H3/t15-,16+,17+/m1/s1. The fourth-order valence-electron chi connectivity index (χ4n) is 3.83. The molecule has 0 unspecified atom stereocenters. The van der Waals surface area contributed by atoms with E-state index in [9.17, 15) is 9.59 Å². The number of carbonyl (C=O) groups excluding carboxylic acids is 2. The van der Waals surface area contributed by atoms with Gasteiger partial charge >= 0.3 is 0 Å². The van der Waals surface area contributed by atoms with E-state index in [4.69, 9.17) is 4.42 Å². The van der Waals surface area contributed by atoms with Gasteiger partial charge in [-0.1, -0.05) is 30.3 Å². The molecule has 1 N–H and O–H groups in total. The zero-order chi connectivity index (χ0) is 17.6. The first kappa shape index (κ1) is 16.1. The second kappa shape index (κ2) is 6.13. The van der Waals surface area contributed by atoms with Gasteiger partial charge in [-0.2, -0.15) is 0 Å². The maximum Gasteiger partial charge on any atom is 0.249 e. The molecule has 2 amide bonds. The van der Waals surface area contributed by atoms with Crippen molar-refractivity contribution in [1.82, 2.24) is 15.3 Å². The SMILES string of the molecule is CC(C)N1C(=O)[C@H]2[C@@H](C1=O)N(Cc1ccccc1)N[C@H]2c1ccco1. The molecule has 0 spiro atoms. The van der Waals surface area contributed by atoms with Crippen LogP contribution in [0.1, 0.15) is 31.2 Å². The summed E-state index contributed by atoms with van der Waals surface area (Å²) in [6.07, 6.45) is 1.59. The molecule has 2 fully saturated rings. The lowest BCUT2D eigenvalue weighted by Gasteiger charge is -2.26. The number of hydrazine groups is 1. The van der Waals surface area contributed by atoms with Crippen molar-refractivity contribution in [3.63, 3.8) is 0 Å². The molecule has 2 aromatic rings. The number of rotatable bonds is 4. The van der Waals surface area contributed by atoms with E-state index in [2.05, 4.69) is 5.43 Å². The molecule has 0 aliphatic carbocycles. The van der Waals surface area contributed by atoms with Crippen LogP contribution in [0, 0.1) is 5.92 Å². The first-order valence-electron chi connectivity index (χ1n) is 8.55. The van der Waals surface area contributed by atoms with Crippen LogP contribution < -0.4 is 5.43 Å². The highest BCUT2D eigenvalue weighted by molar-refractivity contribution is 6.08. The summed E-state index contributed by atoms with van der Waals surface area (Å²) in [5.74, 6) is -0.0565. The van der Waals surface area contributed by atoms with Crippen molar-refractivity contribution in [3.05, 3.63) is 60.1 Å². The van der Waals surface area contributed by atoms with Gasteiger partial charge < -0.3 is 4.42 Å². The van der Waals surface area contributed by atoms with Crippen molar-refractivity contribution in [3.8, 4) is 0 Å². The van der Waals surface area contributed by atoms with E-state index >= 15 is 0 Å². The van der Waals surface area contributed by atoms with E-state index in [-0.39, 0.29) is 23.9 Å². The number of imide groups is 1. The van der Waals surface area contributed by atoms with Gasteiger partial charge in [-0.15, -0.1) is 0 Å². The average molecular weight is 339 g/mol. The van der Waals surface area contributed by atoms with E-state index < -0.39 is 12.0 Å². The largest absolute Gasteiger partial charge is 0.468 e. The first-order valence-corrected chi connectivity index (χ1v) is 8.55. The van der Waals surface area contributed by atoms with Crippen LogP contribution >= 0.6 is 0 Å². The van der Waals surface area contributed by atoms with Crippen molar-refractivity contribution in [2.45, 2.75) is 38.5 Å². The Balaban J connectivity index is 1.69. The van der Waals surface area contributed by atoms with E-state index in [1.165, 1.54) is 4.90 Å². The van der Waals surface area contributed by atoms with Gasteiger partial charge in [0.1, 0.15) is 11.8 Å². The smallest absolute Gasteiger partial charge is 0.249 e. The molecule has 1 aromatic heterocycles. The number of fused-ring (bicyclic) bond motifs is 1. The number of hydrogen-bond donors (Lipinski definition) is 1. The third-order valence-electron chi connectivity index (χ3n) is 4.91. The summed E-state index contributed by atoms with van der Waals surface area (Å²) in [7, 11) is 0. The van der Waals surface area contributed by atoms with E-state index in [0.717, 1.165) is 5.56 Å². The summed E-state index contributed by atoms with van der Waals surface area (Å²) in [4.78, 5) is 27.3. The van der Waals surface area contributed by atoms with Crippen molar-refractivity contribution in [2.24, 2.45) is 5.92 Å². The number of furan rings is 1. The molecule has 3 heterocycles. The molecule has 2 aliphatic heterocycles. The second-order valence-electron chi connectivity index (χ2n) is 6.85. The predicted molar refractivity (Wildman–Crippen MR) is 90.8 cm³/mol. The van der Waals surface area contributed by atoms with Crippen LogP contribution in [0.3, 0.4) is 0 Å². The van der Waals surface area contributed by atoms with Crippen LogP contribution in [0.25, 0.3) is 0 Å². The molecule has 3 atom stereocenters. The van der Waals surface area contributed by atoms with E-state index in [1.54, 1.807) is 12.3 Å². The molecule has 1 aromatic carbocycles. The minimum atomic E-state index is -0.509. The summed E-state index contributed by atoms with van der Waals surface area (Å²) >= 11 is 0. The van der Waals surface area contributed by atoms with Crippen LogP contribution in [-0.2, 0) is 16.1 Å². The Morgan fingerprint density at radius 1 is 1.08 bits per heavy atom. The van der Waals surface area contributed by atoms with Crippen molar-refractivity contribution in [1.29, 1.82) is 0 Å². The second-order valence-corrected chi connectivity index (χ2v) is 6.85. The number of amides is 2. The Hall–Kier alpha value is -2.44. The van der Waals surface area contributed by atoms with Crippen LogP contribution in [0.2, 0.25) is 0 Å². The van der Waals surface area contributed by atoms with Gasteiger partial charge in [0.25, 0.3) is 0 Å². The number of nitrogens with one attached hydrogen (secondary N) is 1. The number of carbonyl (C=O) groups is 2. The molecule has 4 rings (SSSR count). The summed E-state index contributed by atoms with van der Waals surface area (Å²) in [6, 6.07) is 12.6. The minimum absolute atomic E-state index is 0.130. The summed E-state index contributed by atoms with van der Waals surface area (Å²) in [6.45, 7) is 4.28. The van der Waals surface area contributed by atoms with Gasteiger partial charge in [0, 0.05) is 12.6 Å². The van der Waals surface area contributed by atoms with Gasteiger partial charge in [-0.3, -0.25) is 14.5 Å². The quantitative estimate of drug-likeness (QED) is 0.864. The van der Waals surface area contributed by atoms with Gasteiger partial charge in [-0.05, 0) is 31.5 Å². The van der Waals surface area contributed by atoms with Crippen LogP contribution in [0.15, 0.2) is 53.1 Å². The zero-order valence-electron chi connectivity index (χ0n) is 14.3. The third kappa shape index (κ3) is 2.58. The highest BCUT2D eigenvalue weighted by Crippen LogP contribution is 2.41. The van der Waals surface area contributed by atoms with Gasteiger partial charge in [-0.25, -0.2) is 10.4 Å². The molecule has 6 nitrogen and oxygen atoms in total. The molecule has 25 heavy (non-hydrogen) atoms. The highest BCUT2D eigenvalue weighted by Gasteiger charge is 2.59. The van der Waals surface area contributed by atoms with Crippen LogP contribution in [0.4, 0.5) is 0 Å². The molecule has 0 saturated carbocycles. The zero-order valence-corrected chi connectivity index (χ0v) is 14.3. The Morgan fingerprint density at radius 2 is 1.84 bits per heavy atom. The first-order chi connectivity index (χ1) is 12.1. The van der Waals surface area contributed by atoms with E-state index in [0.29, 0.717) is 12.3 Å². The number of hydrogen-bond acceptors (Lipinski definition) is 5. The molecule has 0 bridgehead atoms. The van der Waals surface area contributed by atoms with Gasteiger partial charge in [0.2, 0.25) is 11.8 Å². The Bertz CT molecular complexity index is 772. The normalized spacial score (nSPS) is 26.7. The van der Waals surface area contributed by atoms with Gasteiger partial charge in [0.05, 0.1) is 18.2 Å². The summed E-state index contributed by atoms with van der Waals surface area (Å²) in [5.41, 5.74) is 4.42. The number of likely N-dealkylation sites (tertiary alicyclic amines) is 1. The fraction of sp³-hybridized carbons (Fsp3) is 0.368. The van der Waals surface area contributed by atoms with Gasteiger partial charge in [0.15, 0.2) is 0 Å². The topological polar surface area (TPSA) is 65.8 Å². The third-order valence-corrected chi connectivity index (χ3v) is 4.91. The molecule has 0 radical (unpaired) electrons. The Labute approximate surface area is 146 Å². The average Bonchev–Trinajstić information content (AvgIpc) is 3.27. The van der Waals surface area contributed by atoms with Crippen molar-refractivity contribution in [2.75, 3.05) is 0 Å². The van der Waals surface area contributed by atoms with Crippen LogP contribution in [0.5, 0.6) is 0 Å². The lowest BCUT2D eigenvalue weighted by Crippen LogP contribution is -2.46. The lowest BCUT2D eigenvalue weighted by atomic mass is 9.94. The predicted octanol–water partition coefficient (Wildman–Crippen LogP) is 2.10. The lowest BCUT2D eigenvalue weighted by molar-refractivity contribution is -0.143. The molecule has 2 aliphatic rings. The fourth-order valence-corrected chi connectivity index (χ4v) is 3.83.